The smallest absolute Gasteiger partial charge is 0.163 e. The molecule has 0 amide bonds. The van der Waals surface area contributed by atoms with Crippen molar-refractivity contribution in [3.05, 3.63) is 24.0 Å². The quantitative estimate of drug-likeness (QED) is 0.845. The van der Waals surface area contributed by atoms with Gasteiger partial charge in [0.1, 0.15) is 6.07 Å². The Labute approximate surface area is 100 Å². The second-order valence-electron chi connectivity index (χ2n) is 4.11. The third kappa shape index (κ3) is 2.94. The van der Waals surface area contributed by atoms with Crippen molar-refractivity contribution < 1.29 is 8.42 Å². The van der Waals surface area contributed by atoms with E-state index >= 15 is 0 Å². The number of pyridine rings is 1. The minimum absolute atomic E-state index is 0.120. The highest BCUT2D eigenvalue weighted by Gasteiger charge is 2.25. The summed E-state index contributed by atoms with van der Waals surface area (Å²) in [5.41, 5.74) is 0.910. The van der Waals surface area contributed by atoms with E-state index in [-0.39, 0.29) is 17.5 Å². The van der Waals surface area contributed by atoms with Gasteiger partial charge in [-0.3, -0.25) is 0 Å². The molecular weight excluding hydrogens is 238 g/mol. The van der Waals surface area contributed by atoms with Gasteiger partial charge >= 0.3 is 0 Å². The third-order valence-corrected chi connectivity index (χ3v) is 4.56. The van der Waals surface area contributed by atoms with Crippen LogP contribution >= 0.6 is 0 Å². The Hall–Kier alpha value is -1.61. The lowest BCUT2D eigenvalue weighted by Gasteiger charge is -2.24. The highest BCUT2D eigenvalue weighted by Crippen LogP contribution is 2.18. The van der Waals surface area contributed by atoms with Gasteiger partial charge in [0.2, 0.25) is 0 Å². The molecule has 6 heteroatoms. The zero-order valence-corrected chi connectivity index (χ0v) is 10.1. The monoisotopic (exact) mass is 251 g/mol. The number of nitrogens with zero attached hydrogens (tertiary/aromatic N) is 2. The first-order valence-electron chi connectivity index (χ1n) is 5.43. The van der Waals surface area contributed by atoms with Crippen LogP contribution in [0.2, 0.25) is 0 Å². The maximum Gasteiger partial charge on any atom is 0.163 e. The standard InChI is InChI=1S/C11H13N3O2S/c12-7-11-10(4-1-5-13-11)14-9-3-2-6-17(15,16)8-9/h1,4-5,9,14H,2-3,6,8H2. The summed E-state index contributed by atoms with van der Waals surface area (Å²) in [7, 11) is -2.94. The number of nitrogens with one attached hydrogen (secondary N) is 1. The number of aromatic nitrogens is 1. The molecule has 1 aromatic rings. The van der Waals surface area contributed by atoms with Crippen LogP contribution in [0.1, 0.15) is 18.5 Å². The van der Waals surface area contributed by atoms with Crippen molar-refractivity contribution in [3.8, 4) is 6.07 Å². The predicted molar refractivity (Wildman–Crippen MR) is 64.3 cm³/mol. The summed E-state index contributed by atoms with van der Waals surface area (Å²) in [4.78, 5) is 3.93. The number of rotatable bonds is 2. The van der Waals surface area contributed by atoms with Gasteiger partial charge in [0.25, 0.3) is 0 Å². The normalized spacial score (nSPS) is 22.6. The Morgan fingerprint density at radius 1 is 1.53 bits per heavy atom. The minimum Gasteiger partial charge on any atom is -0.379 e. The number of sulfone groups is 1. The van der Waals surface area contributed by atoms with Crippen LogP contribution in [0.5, 0.6) is 0 Å². The summed E-state index contributed by atoms with van der Waals surface area (Å²) in [5, 5.41) is 12.0. The molecule has 2 rings (SSSR count). The summed E-state index contributed by atoms with van der Waals surface area (Å²) in [6.07, 6.45) is 3.02. The van der Waals surface area contributed by atoms with E-state index in [0.717, 1.165) is 6.42 Å². The van der Waals surface area contributed by atoms with Gasteiger partial charge in [-0.25, -0.2) is 13.4 Å². The van der Waals surface area contributed by atoms with Crippen LogP contribution < -0.4 is 5.32 Å². The molecule has 0 aliphatic carbocycles. The van der Waals surface area contributed by atoms with E-state index in [9.17, 15) is 8.42 Å². The van der Waals surface area contributed by atoms with E-state index in [1.54, 1.807) is 18.3 Å². The van der Waals surface area contributed by atoms with Crippen molar-refractivity contribution in [2.75, 3.05) is 16.8 Å². The predicted octanol–water partition coefficient (Wildman–Crippen LogP) is 0.942. The van der Waals surface area contributed by atoms with Crippen molar-refractivity contribution in [1.82, 2.24) is 4.98 Å². The Morgan fingerprint density at radius 3 is 3.06 bits per heavy atom. The van der Waals surface area contributed by atoms with Crippen molar-refractivity contribution in [2.24, 2.45) is 0 Å². The van der Waals surface area contributed by atoms with Crippen molar-refractivity contribution in [3.63, 3.8) is 0 Å². The molecule has 1 atom stereocenters. The van der Waals surface area contributed by atoms with E-state index in [4.69, 9.17) is 5.26 Å². The molecule has 1 fully saturated rings. The fourth-order valence-electron chi connectivity index (χ4n) is 1.97. The van der Waals surface area contributed by atoms with E-state index in [1.807, 2.05) is 6.07 Å². The lowest BCUT2D eigenvalue weighted by molar-refractivity contribution is 0.562. The Kier molecular flexibility index (Phi) is 3.29. The molecular formula is C11H13N3O2S. The van der Waals surface area contributed by atoms with Crippen LogP contribution in [0.25, 0.3) is 0 Å². The zero-order chi connectivity index (χ0) is 12.3. The number of hydrogen-bond donors (Lipinski definition) is 1. The average molecular weight is 251 g/mol. The second kappa shape index (κ2) is 4.72. The van der Waals surface area contributed by atoms with Gasteiger partial charge in [-0.05, 0) is 25.0 Å². The topological polar surface area (TPSA) is 82.8 Å². The first-order chi connectivity index (χ1) is 8.11. The molecule has 0 aromatic carbocycles. The summed E-state index contributed by atoms with van der Waals surface area (Å²) < 4.78 is 23.0. The fraction of sp³-hybridized carbons (Fsp3) is 0.455. The zero-order valence-electron chi connectivity index (χ0n) is 9.26. The first-order valence-corrected chi connectivity index (χ1v) is 7.25. The summed E-state index contributed by atoms with van der Waals surface area (Å²) in [6, 6.07) is 5.33. The van der Waals surface area contributed by atoms with Crippen LogP contribution in [0.15, 0.2) is 18.3 Å². The Balaban J connectivity index is 2.14. The molecule has 0 bridgehead atoms. The first kappa shape index (κ1) is 11.9. The number of hydrogen-bond acceptors (Lipinski definition) is 5. The molecule has 1 aliphatic heterocycles. The van der Waals surface area contributed by atoms with Gasteiger partial charge in [0.15, 0.2) is 15.5 Å². The molecule has 1 N–H and O–H groups in total. The lowest BCUT2D eigenvalue weighted by Crippen LogP contribution is -2.35. The van der Waals surface area contributed by atoms with Gasteiger partial charge in [0.05, 0.1) is 17.2 Å². The van der Waals surface area contributed by atoms with Crippen molar-refractivity contribution in [2.45, 2.75) is 18.9 Å². The van der Waals surface area contributed by atoms with E-state index in [1.165, 1.54) is 0 Å². The molecule has 0 saturated carbocycles. The molecule has 1 unspecified atom stereocenters. The number of anilines is 1. The van der Waals surface area contributed by atoms with E-state index in [2.05, 4.69) is 10.3 Å². The van der Waals surface area contributed by atoms with Crippen LogP contribution in [0.3, 0.4) is 0 Å². The molecule has 5 nitrogen and oxygen atoms in total. The SMILES string of the molecule is N#Cc1ncccc1NC1CCCS(=O)(=O)C1. The van der Waals surface area contributed by atoms with E-state index in [0.29, 0.717) is 17.8 Å². The molecule has 90 valence electrons. The fourth-order valence-corrected chi connectivity index (χ4v) is 3.60. The highest BCUT2D eigenvalue weighted by atomic mass is 32.2. The Bertz CT molecular complexity index is 548. The lowest BCUT2D eigenvalue weighted by atomic mass is 10.1. The minimum atomic E-state index is -2.94. The molecule has 2 heterocycles. The van der Waals surface area contributed by atoms with Gasteiger partial charge < -0.3 is 5.32 Å². The maximum atomic E-state index is 11.5. The van der Waals surface area contributed by atoms with Crippen LogP contribution in [0.4, 0.5) is 5.69 Å². The second-order valence-corrected chi connectivity index (χ2v) is 6.34. The van der Waals surface area contributed by atoms with Crippen molar-refractivity contribution >= 4 is 15.5 Å². The number of nitriles is 1. The van der Waals surface area contributed by atoms with Crippen LogP contribution in [0, 0.1) is 11.3 Å². The van der Waals surface area contributed by atoms with Gasteiger partial charge in [-0.15, -0.1) is 0 Å². The van der Waals surface area contributed by atoms with E-state index < -0.39 is 9.84 Å². The average Bonchev–Trinajstić information content (AvgIpc) is 2.28. The Morgan fingerprint density at radius 2 is 2.35 bits per heavy atom. The molecule has 0 spiro atoms. The molecule has 17 heavy (non-hydrogen) atoms. The molecule has 1 aliphatic rings. The summed E-state index contributed by atoms with van der Waals surface area (Å²) in [5.74, 6) is 0.399. The summed E-state index contributed by atoms with van der Waals surface area (Å²) in [6.45, 7) is 0. The van der Waals surface area contributed by atoms with Crippen LogP contribution in [-0.2, 0) is 9.84 Å². The maximum absolute atomic E-state index is 11.5. The molecule has 1 aromatic heterocycles. The molecule has 0 radical (unpaired) electrons. The van der Waals surface area contributed by atoms with Crippen LogP contribution in [-0.4, -0.2) is 30.9 Å². The van der Waals surface area contributed by atoms with Gasteiger partial charge in [0, 0.05) is 12.2 Å². The largest absolute Gasteiger partial charge is 0.379 e. The van der Waals surface area contributed by atoms with Gasteiger partial charge in [-0.1, -0.05) is 0 Å². The molecule has 1 saturated heterocycles. The highest BCUT2D eigenvalue weighted by molar-refractivity contribution is 7.91. The summed E-state index contributed by atoms with van der Waals surface area (Å²) >= 11 is 0. The van der Waals surface area contributed by atoms with Crippen molar-refractivity contribution in [1.29, 1.82) is 5.26 Å². The third-order valence-electron chi connectivity index (χ3n) is 2.74. The van der Waals surface area contributed by atoms with Gasteiger partial charge in [-0.2, -0.15) is 5.26 Å².